The summed E-state index contributed by atoms with van der Waals surface area (Å²) in [6.45, 7) is 4.10. The van der Waals surface area contributed by atoms with Crippen LogP contribution in [0.4, 0.5) is 10.5 Å². The Labute approximate surface area is 216 Å². The van der Waals surface area contributed by atoms with Crippen molar-refractivity contribution in [2.24, 2.45) is 0 Å². The van der Waals surface area contributed by atoms with Gasteiger partial charge in [-0.2, -0.15) is 0 Å². The Bertz CT molecular complexity index is 1310. The number of thioether (sulfide) groups is 1. The fourth-order valence-corrected chi connectivity index (χ4v) is 4.82. The first kappa shape index (κ1) is 24.8. The topological polar surface area (TPSA) is 75.7 Å². The van der Waals surface area contributed by atoms with Crippen LogP contribution in [-0.4, -0.2) is 28.6 Å². The third kappa shape index (κ3) is 6.21. The zero-order valence-corrected chi connectivity index (χ0v) is 21.6. The first-order chi connectivity index (χ1) is 16.8. The molecule has 6 nitrogen and oxygen atoms in total. The van der Waals surface area contributed by atoms with Crippen LogP contribution in [0.5, 0.6) is 5.75 Å². The molecule has 1 N–H and O–H groups in total. The van der Waals surface area contributed by atoms with Gasteiger partial charge >= 0.3 is 0 Å². The van der Waals surface area contributed by atoms with E-state index in [1.54, 1.807) is 30.3 Å². The maximum Gasteiger partial charge on any atom is 0.293 e. The van der Waals surface area contributed by atoms with Gasteiger partial charge in [-0.15, -0.1) is 0 Å². The normalized spacial score (nSPS) is 14.5. The van der Waals surface area contributed by atoms with Crippen LogP contribution in [0, 0.1) is 13.8 Å². The van der Waals surface area contributed by atoms with Gasteiger partial charge in [0, 0.05) is 4.47 Å². The maximum atomic E-state index is 12.7. The smallest absolute Gasteiger partial charge is 0.293 e. The zero-order valence-electron chi connectivity index (χ0n) is 19.2. The van der Waals surface area contributed by atoms with Crippen LogP contribution in [0.1, 0.15) is 22.3 Å². The number of benzene rings is 3. The van der Waals surface area contributed by atoms with Crippen molar-refractivity contribution in [3.63, 3.8) is 0 Å². The van der Waals surface area contributed by atoms with Crippen LogP contribution in [-0.2, 0) is 16.1 Å². The van der Waals surface area contributed by atoms with Gasteiger partial charge in [0.1, 0.15) is 5.75 Å². The molecule has 35 heavy (non-hydrogen) atoms. The van der Waals surface area contributed by atoms with Gasteiger partial charge in [0.25, 0.3) is 17.1 Å². The highest BCUT2D eigenvalue weighted by Crippen LogP contribution is 2.33. The molecular weight excluding hydrogens is 528 g/mol. The lowest BCUT2D eigenvalue weighted by Crippen LogP contribution is -2.27. The molecule has 1 aliphatic heterocycles. The highest BCUT2D eigenvalue weighted by Gasteiger charge is 2.34. The Balaban J connectivity index is 1.34. The molecular formula is C27H23BrN2O4S. The number of halogens is 1. The van der Waals surface area contributed by atoms with Crippen molar-refractivity contribution in [2.75, 3.05) is 11.9 Å². The third-order valence-corrected chi connectivity index (χ3v) is 7.03. The van der Waals surface area contributed by atoms with Crippen molar-refractivity contribution in [3.05, 3.63) is 98.4 Å². The van der Waals surface area contributed by atoms with E-state index in [4.69, 9.17) is 4.74 Å². The summed E-state index contributed by atoms with van der Waals surface area (Å²) < 4.78 is 6.41. The lowest BCUT2D eigenvalue weighted by Gasteiger charge is -2.12. The first-order valence-electron chi connectivity index (χ1n) is 10.9. The summed E-state index contributed by atoms with van der Waals surface area (Å²) in [5.74, 6) is -0.0582. The lowest BCUT2D eigenvalue weighted by molar-refractivity contribution is -0.123. The largest absolute Gasteiger partial charge is 0.484 e. The number of hydrogen-bond donors (Lipinski definition) is 1. The van der Waals surface area contributed by atoms with Crippen molar-refractivity contribution < 1.29 is 19.1 Å². The number of ether oxygens (including phenoxy) is 1. The van der Waals surface area contributed by atoms with E-state index in [0.717, 1.165) is 38.5 Å². The number of imide groups is 1. The molecule has 1 aliphatic rings. The van der Waals surface area contributed by atoms with Crippen LogP contribution in [0.15, 0.2) is 76.1 Å². The number of hydrogen-bond acceptors (Lipinski definition) is 5. The summed E-state index contributed by atoms with van der Waals surface area (Å²) >= 11 is 4.40. The molecule has 3 aromatic rings. The number of aryl methyl sites for hydroxylation is 2. The molecule has 0 radical (unpaired) electrons. The van der Waals surface area contributed by atoms with Gasteiger partial charge in [-0.3, -0.25) is 19.3 Å². The number of nitrogens with one attached hydrogen (secondary N) is 1. The van der Waals surface area contributed by atoms with Crippen LogP contribution in [0.3, 0.4) is 0 Å². The molecule has 0 aromatic heterocycles. The second kappa shape index (κ2) is 10.9. The van der Waals surface area contributed by atoms with E-state index >= 15 is 0 Å². The van der Waals surface area contributed by atoms with Gasteiger partial charge in [0.2, 0.25) is 0 Å². The van der Waals surface area contributed by atoms with E-state index in [0.29, 0.717) is 16.3 Å². The summed E-state index contributed by atoms with van der Waals surface area (Å²) in [5.41, 5.74) is 4.56. The number of rotatable bonds is 7. The molecule has 178 valence electrons. The monoisotopic (exact) mass is 550 g/mol. The van der Waals surface area contributed by atoms with Crippen molar-refractivity contribution in [1.29, 1.82) is 0 Å². The molecule has 0 aliphatic carbocycles. The molecule has 1 fully saturated rings. The third-order valence-electron chi connectivity index (χ3n) is 5.46. The molecule has 0 unspecified atom stereocenters. The zero-order chi connectivity index (χ0) is 24.9. The Morgan fingerprint density at radius 1 is 1.03 bits per heavy atom. The number of nitrogens with zero attached hydrogens (tertiary/aromatic N) is 1. The average Bonchev–Trinajstić information content (AvgIpc) is 3.10. The second-order valence-electron chi connectivity index (χ2n) is 8.08. The molecule has 0 atom stereocenters. The molecule has 1 saturated heterocycles. The molecule has 0 bridgehead atoms. The second-order valence-corrected chi connectivity index (χ2v) is 9.92. The number of amides is 3. The quantitative estimate of drug-likeness (QED) is 0.348. The fourth-order valence-electron chi connectivity index (χ4n) is 3.43. The standard InChI is InChI=1S/C27H23BrN2O4S/c1-17-12-22(28)23(13-18(17)2)29-25(31)16-34-21-10-8-19(9-11-21)14-24-26(32)30(27(33)35-24)15-20-6-4-3-5-7-20/h3-14H,15-16H2,1-2H3,(H,29,31)/b24-14+. The minimum absolute atomic E-state index is 0.142. The van der Waals surface area contributed by atoms with E-state index in [-0.39, 0.29) is 30.2 Å². The first-order valence-corrected chi connectivity index (χ1v) is 12.5. The number of carbonyl (C=O) groups excluding carboxylic acids is 3. The number of carbonyl (C=O) groups is 3. The van der Waals surface area contributed by atoms with E-state index in [1.165, 1.54) is 4.90 Å². The van der Waals surface area contributed by atoms with Crippen molar-refractivity contribution in [2.45, 2.75) is 20.4 Å². The minimum Gasteiger partial charge on any atom is -0.484 e. The van der Waals surface area contributed by atoms with Gasteiger partial charge < -0.3 is 10.1 Å². The summed E-state index contributed by atoms with van der Waals surface area (Å²) in [7, 11) is 0. The van der Waals surface area contributed by atoms with Crippen LogP contribution in [0.2, 0.25) is 0 Å². The van der Waals surface area contributed by atoms with Crippen molar-refractivity contribution >= 4 is 56.5 Å². The summed E-state index contributed by atoms with van der Waals surface area (Å²) in [6.07, 6.45) is 1.68. The van der Waals surface area contributed by atoms with Gasteiger partial charge in [0.05, 0.1) is 17.1 Å². The Morgan fingerprint density at radius 2 is 1.71 bits per heavy atom. The van der Waals surface area contributed by atoms with Crippen LogP contribution in [0.25, 0.3) is 6.08 Å². The molecule has 0 saturated carbocycles. The van der Waals surface area contributed by atoms with E-state index in [2.05, 4.69) is 21.2 Å². The molecule has 8 heteroatoms. The van der Waals surface area contributed by atoms with Crippen molar-refractivity contribution in [1.82, 2.24) is 4.90 Å². The SMILES string of the molecule is Cc1cc(Br)c(NC(=O)COc2ccc(/C=C3/SC(=O)N(Cc4ccccc4)C3=O)cc2)cc1C. The molecule has 3 amide bonds. The predicted molar refractivity (Wildman–Crippen MR) is 142 cm³/mol. The molecule has 1 heterocycles. The fraction of sp³-hybridized carbons (Fsp3) is 0.148. The lowest BCUT2D eigenvalue weighted by atomic mass is 10.1. The Kier molecular flexibility index (Phi) is 7.73. The van der Waals surface area contributed by atoms with Crippen LogP contribution < -0.4 is 10.1 Å². The van der Waals surface area contributed by atoms with Gasteiger partial charge in [-0.25, -0.2) is 0 Å². The van der Waals surface area contributed by atoms with Gasteiger partial charge in [-0.05, 0) is 94.1 Å². The van der Waals surface area contributed by atoms with E-state index < -0.39 is 0 Å². The molecule has 4 rings (SSSR count). The summed E-state index contributed by atoms with van der Waals surface area (Å²) in [5, 5.41) is 2.56. The Hall–Kier alpha value is -3.36. The van der Waals surface area contributed by atoms with Crippen molar-refractivity contribution in [3.8, 4) is 5.75 Å². The molecule has 3 aromatic carbocycles. The van der Waals surface area contributed by atoms with Gasteiger partial charge in [0.15, 0.2) is 6.61 Å². The summed E-state index contributed by atoms with van der Waals surface area (Å²) in [6, 6.07) is 20.3. The Morgan fingerprint density at radius 3 is 2.43 bits per heavy atom. The number of anilines is 1. The van der Waals surface area contributed by atoms with E-state index in [1.807, 2.05) is 56.3 Å². The minimum atomic E-state index is -0.307. The maximum absolute atomic E-state index is 12.7. The highest BCUT2D eigenvalue weighted by atomic mass is 79.9. The van der Waals surface area contributed by atoms with Crippen LogP contribution >= 0.6 is 27.7 Å². The predicted octanol–water partition coefficient (Wildman–Crippen LogP) is 6.32. The molecule has 0 spiro atoms. The van der Waals surface area contributed by atoms with Gasteiger partial charge in [-0.1, -0.05) is 42.5 Å². The highest BCUT2D eigenvalue weighted by molar-refractivity contribution is 9.10. The van der Waals surface area contributed by atoms with E-state index in [9.17, 15) is 14.4 Å². The average molecular weight is 551 g/mol. The summed E-state index contributed by atoms with van der Waals surface area (Å²) in [4.78, 5) is 39.0.